The highest BCUT2D eigenvalue weighted by Crippen LogP contribution is 2.40. The Morgan fingerprint density at radius 1 is 1.35 bits per heavy atom. The van der Waals surface area contributed by atoms with Crippen molar-refractivity contribution in [1.82, 2.24) is 19.9 Å². The highest BCUT2D eigenvalue weighted by molar-refractivity contribution is 5.81. The zero-order chi connectivity index (χ0) is 25.3. The molecule has 0 aromatic carbocycles. The summed E-state index contributed by atoms with van der Waals surface area (Å²) in [7, 11) is 0. The van der Waals surface area contributed by atoms with E-state index in [0.29, 0.717) is 43.1 Å². The van der Waals surface area contributed by atoms with Gasteiger partial charge in [-0.15, -0.1) is 0 Å². The number of fused-ring (bicyclic) bond motifs is 1. The lowest BCUT2D eigenvalue weighted by Gasteiger charge is -2.31. The van der Waals surface area contributed by atoms with E-state index < -0.39 is 18.1 Å². The molecule has 0 spiro atoms. The van der Waals surface area contributed by atoms with Crippen molar-refractivity contribution in [2.45, 2.75) is 57.2 Å². The van der Waals surface area contributed by atoms with Gasteiger partial charge < -0.3 is 16.2 Å². The molecule has 1 aliphatic heterocycles. The summed E-state index contributed by atoms with van der Waals surface area (Å²) >= 11 is 0. The number of nitrogens with two attached hydrogens (primary N) is 1. The first kappa shape index (κ1) is 25.8. The van der Waals surface area contributed by atoms with Gasteiger partial charge in [0.05, 0.1) is 24.1 Å². The molecule has 34 heavy (non-hydrogen) atoms. The molecule has 4 N–H and O–H groups in total. The molecule has 2 aromatic rings. The van der Waals surface area contributed by atoms with Crippen molar-refractivity contribution < 1.29 is 36.6 Å². The molecular weight excluding hydrogens is 465 g/mol. The summed E-state index contributed by atoms with van der Waals surface area (Å²) in [5, 5.41) is 14.4. The maximum atomic E-state index is 13.4. The smallest absolute Gasteiger partial charge is 0.475 e. The Balaban J connectivity index is 0.000000406. The third-order valence-corrected chi connectivity index (χ3v) is 6.33. The van der Waals surface area contributed by atoms with Crippen LogP contribution >= 0.6 is 0 Å². The first-order chi connectivity index (χ1) is 15.8. The topological polar surface area (TPSA) is 123 Å². The van der Waals surface area contributed by atoms with Gasteiger partial charge in [-0.1, -0.05) is 6.92 Å². The van der Waals surface area contributed by atoms with E-state index in [1.165, 1.54) is 0 Å². The summed E-state index contributed by atoms with van der Waals surface area (Å²) in [5.41, 5.74) is 8.64. The molecule has 3 heterocycles. The minimum atomic E-state index is -5.08. The molecule has 1 aliphatic carbocycles. The van der Waals surface area contributed by atoms with Gasteiger partial charge in [0, 0.05) is 25.3 Å². The number of amides is 1. The van der Waals surface area contributed by atoms with Crippen LogP contribution in [-0.4, -0.2) is 50.2 Å². The Labute approximate surface area is 191 Å². The fourth-order valence-corrected chi connectivity index (χ4v) is 4.21. The SMILES string of the molecule is CC1CNC(=O)C1Cc1cnn2cc([C@@H](N)C3CCC(F)(F)CC3)nc2c1.O=C(O)C(F)(F)F. The van der Waals surface area contributed by atoms with E-state index in [1.54, 1.807) is 16.9 Å². The predicted octanol–water partition coefficient (Wildman–Crippen LogP) is 3.11. The van der Waals surface area contributed by atoms with Crippen LogP contribution in [0.3, 0.4) is 0 Å². The fraction of sp³-hybridized carbons (Fsp3) is 0.619. The molecule has 2 aliphatic rings. The summed E-state index contributed by atoms with van der Waals surface area (Å²) in [6.45, 7) is 2.77. The van der Waals surface area contributed by atoms with Crippen LogP contribution in [0.1, 0.15) is 49.9 Å². The van der Waals surface area contributed by atoms with Crippen LogP contribution in [0.15, 0.2) is 18.5 Å². The Morgan fingerprint density at radius 3 is 2.50 bits per heavy atom. The average molecular weight is 491 g/mol. The molecule has 2 aromatic heterocycles. The predicted molar refractivity (Wildman–Crippen MR) is 110 cm³/mol. The first-order valence-corrected chi connectivity index (χ1v) is 10.8. The molecule has 1 amide bonds. The van der Waals surface area contributed by atoms with Gasteiger partial charge in [0.25, 0.3) is 0 Å². The number of imidazole rings is 1. The van der Waals surface area contributed by atoms with Crippen LogP contribution in [0, 0.1) is 17.8 Å². The third-order valence-electron chi connectivity index (χ3n) is 6.33. The number of carbonyl (C=O) groups is 2. The number of carboxylic acids is 1. The fourth-order valence-electron chi connectivity index (χ4n) is 4.21. The van der Waals surface area contributed by atoms with Crippen molar-refractivity contribution in [3.63, 3.8) is 0 Å². The summed E-state index contributed by atoms with van der Waals surface area (Å²) in [5.74, 6) is -4.97. The van der Waals surface area contributed by atoms with Crippen LogP contribution in [0.5, 0.6) is 0 Å². The van der Waals surface area contributed by atoms with Crippen molar-refractivity contribution in [1.29, 1.82) is 0 Å². The highest BCUT2D eigenvalue weighted by atomic mass is 19.4. The van der Waals surface area contributed by atoms with E-state index in [-0.39, 0.29) is 36.6 Å². The summed E-state index contributed by atoms with van der Waals surface area (Å²) in [6, 6.07) is 1.56. The molecule has 8 nitrogen and oxygen atoms in total. The number of nitrogens with one attached hydrogen (secondary N) is 1. The van der Waals surface area contributed by atoms with Crippen LogP contribution in [-0.2, 0) is 16.0 Å². The van der Waals surface area contributed by atoms with E-state index in [9.17, 15) is 26.7 Å². The molecule has 13 heteroatoms. The standard InChI is InChI=1S/C19H25F2N5O.C2HF3O2/c1-11-8-23-18(27)14(11)6-12-7-16-25-15(10-26(16)24-9-12)17(22)13-2-4-19(20,21)5-3-13;3-2(4,5)1(6)7/h7,9-11,13-14,17H,2-6,8,22H2,1H3,(H,23,27);(H,6,7)/t11?,14?,17-;/m0./s1. The van der Waals surface area contributed by atoms with Gasteiger partial charge in [-0.05, 0) is 42.7 Å². The molecule has 3 atom stereocenters. The molecule has 2 fully saturated rings. The van der Waals surface area contributed by atoms with Crippen molar-refractivity contribution in [2.75, 3.05) is 6.54 Å². The molecule has 4 rings (SSSR count). The van der Waals surface area contributed by atoms with Crippen molar-refractivity contribution in [2.24, 2.45) is 23.5 Å². The number of alkyl halides is 5. The number of aromatic nitrogens is 3. The summed E-state index contributed by atoms with van der Waals surface area (Å²) in [4.78, 5) is 25.4. The molecule has 1 saturated heterocycles. The van der Waals surface area contributed by atoms with Crippen LogP contribution < -0.4 is 11.1 Å². The van der Waals surface area contributed by atoms with E-state index >= 15 is 0 Å². The molecule has 2 unspecified atom stereocenters. The van der Waals surface area contributed by atoms with Crippen molar-refractivity contribution in [3.8, 4) is 0 Å². The summed E-state index contributed by atoms with van der Waals surface area (Å²) < 4.78 is 60.2. The number of aliphatic carboxylic acids is 1. The zero-order valence-electron chi connectivity index (χ0n) is 18.4. The number of halogens is 5. The normalized spacial score (nSPS) is 23.8. The Morgan fingerprint density at radius 2 is 1.97 bits per heavy atom. The maximum absolute atomic E-state index is 13.4. The number of carboxylic acid groups (broad SMARTS) is 1. The highest BCUT2D eigenvalue weighted by Gasteiger charge is 2.39. The van der Waals surface area contributed by atoms with Crippen LogP contribution in [0.2, 0.25) is 0 Å². The van der Waals surface area contributed by atoms with E-state index in [1.807, 2.05) is 6.07 Å². The minimum Gasteiger partial charge on any atom is -0.475 e. The minimum absolute atomic E-state index is 0.0111. The quantitative estimate of drug-likeness (QED) is 0.565. The van der Waals surface area contributed by atoms with Gasteiger partial charge in [-0.2, -0.15) is 18.3 Å². The number of hydrogen-bond donors (Lipinski definition) is 3. The van der Waals surface area contributed by atoms with Gasteiger partial charge in [0.1, 0.15) is 0 Å². The lowest BCUT2D eigenvalue weighted by atomic mass is 9.81. The third kappa shape index (κ3) is 6.19. The largest absolute Gasteiger partial charge is 0.490 e. The average Bonchev–Trinajstić information content (AvgIpc) is 3.31. The van der Waals surface area contributed by atoms with Gasteiger partial charge in [-0.25, -0.2) is 23.1 Å². The molecule has 1 saturated carbocycles. The Bertz CT molecular complexity index is 1030. The lowest BCUT2D eigenvalue weighted by molar-refractivity contribution is -0.192. The molecule has 0 bridgehead atoms. The number of hydrogen-bond acceptors (Lipinski definition) is 5. The second kappa shape index (κ2) is 9.80. The van der Waals surface area contributed by atoms with Crippen molar-refractivity contribution >= 4 is 17.5 Å². The number of rotatable bonds is 4. The first-order valence-electron chi connectivity index (χ1n) is 10.8. The van der Waals surface area contributed by atoms with Crippen LogP contribution in [0.25, 0.3) is 5.65 Å². The molecule has 0 radical (unpaired) electrons. The summed E-state index contributed by atoms with van der Waals surface area (Å²) in [6.07, 6.45) is -0.316. The second-order valence-electron chi connectivity index (χ2n) is 8.89. The van der Waals surface area contributed by atoms with Gasteiger partial charge in [0.2, 0.25) is 11.8 Å². The Hall–Kier alpha value is -2.83. The van der Waals surface area contributed by atoms with E-state index in [4.69, 9.17) is 15.6 Å². The lowest BCUT2D eigenvalue weighted by Crippen LogP contribution is -2.31. The number of nitrogens with zero attached hydrogens (tertiary/aromatic N) is 3. The molecule has 188 valence electrons. The van der Waals surface area contributed by atoms with E-state index in [0.717, 1.165) is 5.56 Å². The second-order valence-corrected chi connectivity index (χ2v) is 8.89. The maximum Gasteiger partial charge on any atom is 0.490 e. The van der Waals surface area contributed by atoms with Crippen LogP contribution in [0.4, 0.5) is 22.0 Å². The molecular formula is C21H26F5N5O3. The Kier molecular flexibility index (Phi) is 7.44. The van der Waals surface area contributed by atoms with Gasteiger partial charge in [-0.3, -0.25) is 4.79 Å². The van der Waals surface area contributed by atoms with Crippen molar-refractivity contribution in [3.05, 3.63) is 29.7 Å². The van der Waals surface area contributed by atoms with E-state index in [2.05, 4.69) is 22.3 Å². The van der Waals surface area contributed by atoms with Gasteiger partial charge in [0.15, 0.2) is 5.65 Å². The monoisotopic (exact) mass is 491 g/mol. The number of carbonyl (C=O) groups excluding carboxylic acids is 1. The van der Waals surface area contributed by atoms with Gasteiger partial charge >= 0.3 is 12.1 Å². The zero-order valence-corrected chi connectivity index (χ0v) is 18.4.